The van der Waals surface area contributed by atoms with E-state index in [0.717, 1.165) is 11.8 Å². The molecule has 0 aliphatic rings. The third-order valence-corrected chi connectivity index (χ3v) is 2.76. The summed E-state index contributed by atoms with van der Waals surface area (Å²) in [5, 5.41) is 0. The molecular weight excluding hydrogens is 314 g/mol. The topological polar surface area (TPSA) is 89.2 Å². The van der Waals surface area contributed by atoms with E-state index in [2.05, 4.69) is 6.58 Å². The van der Waals surface area contributed by atoms with Crippen LogP contribution in [0.4, 0.5) is 5.69 Å². The normalized spacial score (nSPS) is 10.3. The zero-order valence-corrected chi connectivity index (χ0v) is 13.8. The minimum atomic E-state index is -0.452. The van der Waals surface area contributed by atoms with E-state index in [4.69, 9.17) is 29.4 Å². The van der Waals surface area contributed by atoms with Gasteiger partial charge in [0.25, 0.3) is 0 Å². The Kier molecular flexibility index (Phi) is 11.1. The van der Waals surface area contributed by atoms with Gasteiger partial charge in [-0.1, -0.05) is 6.58 Å². The number of anilines is 1. The van der Waals surface area contributed by atoms with Crippen LogP contribution in [-0.4, -0.2) is 58.8 Å². The fourth-order valence-corrected chi connectivity index (χ4v) is 1.58. The zero-order chi connectivity index (χ0) is 17.5. The van der Waals surface area contributed by atoms with Crippen LogP contribution in [0.5, 0.6) is 5.75 Å². The molecule has 0 amide bonds. The van der Waals surface area contributed by atoms with Crippen molar-refractivity contribution >= 4 is 11.7 Å². The second-order valence-corrected chi connectivity index (χ2v) is 4.63. The van der Waals surface area contributed by atoms with Crippen molar-refractivity contribution in [3.63, 3.8) is 0 Å². The van der Waals surface area contributed by atoms with Crippen molar-refractivity contribution in [3.05, 3.63) is 36.9 Å². The minimum absolute atomic E-state index is 0.210. The van der Waals surface area contributed by atoms with Gasteiger partial charge in [0, 0.05) is 11.8 Å². The first-order valence-electron chi connectivity index (χ1n) is 7.73. The Hall–Kier alpha value is -2.09. The number of nitrogen functional groups attached to an aromatic ring is 1. The smallest absolute Gasteiger partial charge is 0.330 e. The second kappa shape index (κ2) is 13.4. The van der Waals surface area contributed by atoms with Gasteiger partial charge in [-0.15, -0.1) is 0 Å². The van der Waals surface area contributed by atoms with E-state index < -0.39 is 5.97 Å². The summed E-state index contributed by atoms with van der Waals surface area (Å²) in [7, 11) is 0. The van der Waals surface area contributed by atoms with Crippen molar-refractivity contribution in [1.29, 1.82) is 0 Å². The van der Waals surface area contributed by atoms with Gasteiger partial charge in [-0.2, -0.15) is 0 Å². The fourth-order valence-electron chi connectivity index (χ4n) is 1.58. The Morgan fingerprint density at radius 2 is 1.38 bits per heavy atom. The number of benzene rings is 1. The largest absolute Gasteiger partial charge is 0.491 e. The molecular formula is C17H25NO6. The number of esters is 1. The predicted octanol–water partition coefficient (Wildman–Crippen LogP) is 1.43. The second-order valence-electron chi connectivity index (χ2n) is 4.63. The highest BCUT2D eigenvalue weighted by Gasteiger charge is 1.96. The molecule has 0 bridgehead atoms. The predicted molar refractivity (Wildman–Crippen MR) is 90.0 cm³/mol. The number of carbonyl (C=O) groups is 1. The third kappa shape index (κ3) is 10.6. The Balaban J connectivity index is 1.80. The Labute approximate surface area is 142 Å². The number of hydrogen-bond acceptors (Lipinski definition) is 7. The van der Waals surface area contributed by atoms with Crippen LogP contribution in [-0.2, 0) is 23.7 Å². The van der Waals surface area contributed by atoms with E-state index in [9.17, 15) is 4.79 Å². The molecule has 0 spiro atoms. The molecule has 7 heteroatoms. The summed E-state index contributed by atoms with van der Waals surface area (Å²) in [4.78, 5) is 10.7. The van der Waals surface area contributed by atoms with Crippen LogP contribution < -0.4 is 10.5 Å². The van der Waals surface area contributed by atoms with Crippen molar-refractivity contribution < 1.29 is 28.5 Å². The third-order valence-electron chi connectivity index (χ3n) is 2.76. The van der Waals surface area contributed by atoms with Crippen LogP contribution in [0.1, 0.15) is 0 Å². The van der Waals surface area contributed by atoms with Gasteiger partial charge in [0.05, 0.1) is 39.6 Å². The Morgan fingerprint density at radius 1 is 0.875 bits per heavy atom. The number of nitrogens with two attached hydrogens (primary N) is 1. The van der Waals surface area contributed by atoms with E-state index >= 15 is 0 Å². The molecule has 0 unspecified atom stereocenters. The number of hydrogen-bond donors (Lipinski definition) is 1. The summed E-state index contributed by atoms with van der Waals surface area (Å²) in [5.74, 6) is 0.312. The van der Waals surface area contributed by atoms with Crippen molar-refractivity contribution in [2.45, 2.75) is 0 Å². The highest BCUT2D eigenvalue weighted by Crippen LogP contribution is 2.12. The lowest BCUT2D eigenvalue weighted by molar-refractivity contribution is -0.139. The molecule has 0 atom stereocenters. The molecule has 7 nitrogen and oxygen atoms in total. The molecule has 24 heavy (non-hydrogen) atoms. The summed E-state index contributed by atoms with van der Waals surface area (Å²) < 4.78 is 26.2. The van der Waals surface area contributed by atoms with Crippen molar-refractivity contribution in [2.75, 3.05) is 58.6 Å². The molecule has 1 rings (SSSR count). The average Bonchev–Trinajstić information content (AvgIpc) is 2.60. The van der Waals surface area contributed by atoms with Crippen LogP contribution in [0, 0.1) is 0 Å². The summed E-state index contributed by atoms with van der Waals surface area (Å²) in [6, 6.07) is 7.21. The maximum Gasteiger partial charge on any atom is 0.330 e. The average molecular weight is 339 g/mol. The molecule has 0 saturated heterocycles. The van der Waals surface area contributed by atoms with Gasteiger partial charge < -0.3 is 29.4 Å². The maximum atomic E-state index is 10.7. The lowest BCUT2D eigenvalue weighted by atomic mass is 10.3. The van der Waals surface area contributed by atoms with Crippen LogP contribution in [0.15, 0.2) is 36.9 Å². The van der Waals surface area contributed by atoms with E-state index in [1.54, 1.807) is 12.1 Å². The van der Waals surface area contributed by atoms with Crippen LogP contribution >= 0.6 is 0 Å². The summed E-state index contributed by atoms with van der Waals surface area (Å²) in [6.45, 7) is 6.66. The fraction of sp³-hybridized carbons (Fsp3) is 0.471. The highest BCUT2D eigenvalue weighted by molar-refractivity contribution is 5.81. The number of carbonyl (C=O) groups excluding carboxylic acids is 1. The van der Waals surface area contributed by atoms with Crippen molar-refractivity contribution in [1.82, 2.24) is 0 Å². The van der Waals surface area contributed by atoms with Gasteiger partial charge in [-0.3, -0.25) is 0 Å². The van der Waals surface area contributed by atoms with Gasteiger partial charge in [-0.05, 0) is 24.3 Å². The van der Waals surface area contributed by atoms with E-state index in [1.807, 2.05) is 12.1 Å². The monoisotopic (exact) mass is 339 g/mol. The van der Waals surface area contributed by atoms with E-state index in [0.29, 0.717) is 51.9 Å². The quantitative estimate of drug-likeness (QED) is 0.237. The summed E-state index contributed by atoms with van der Waals surface area (Å²) >= 11 is 0. The first-order valence-corrected chi connectivity index (χ1v) is 7.73. The van der Waals surface area contributed by atoms with Gasteiger partial charge in [0.15, 0.2) is 0 Å². The lowest BCUT2D eigenvalue weighted by Crippen LogP contribution is -2.14. The Bertz CT molecular complexity index is 463. The minimum Gasteiger partial charge on any atom is -0.491 e. The van der Waals surface area contributed by atoms with Gasteiger partial charge in [0.2, 0.25) is 0 Å². The van der Waals surface area contributed by atoms with Crippen LogP contribution in [0.25, 0.3) is 0 Å². The highest BCUT2D eigenvalue weighted by atomic mass is 16.6. The first kappa shape index (κ1) is 20.0. The standard InChI is InChI=1S/C17H25NO6/c1-2-17(19)24-14-12-22-10-8-20-7-9-21-11-13-23-16-5-3-15(18)4-6-16/h2-6H,1,7-14,18H2. The molecule has 2 N–H and O–H groups in total. The molecule has 134 valence electrons. The van der Waals surface area contributed by atoms with E-state index in [1.165, 1.54) is 0 Å². The van der Waals surface area contributed by atoms with Gasteiger partial charge >= 0.3 is 5.97 Å². The molecule has 0 saturated carbocycles. The molecule has 0 aliphatic carbocycles. The molecule has 0 heterocycles. The molecule has 0 aliphatic heterocycles. The summed E-state index contributed by atoms with van der Waals surface area (Å²) in [6.07, 6.45) is 1.11. The lowest BCUT2D eigenvalue weighted by Gasteiger charge is -2.08. The van der Waals surface area contributed by atoms with E-state index in [-0.39, 0.29) is 6.61 Å². The van der Waals surface area contributed by atoms with Gasteiger partial charge in [0.1, 0.15) is 19.0 Å². The number of ether oxygens (including phenoxy) is 5. The zero-order valence-electron chi connectivity index (χ0n) is 13.8. The first-order chi connectivity index (χ1) is 11.7. The molecule has 0 aromatic heterocycles. The van der Waals surface area contributed by atoms with Crippen molar-refractivity contribution in [2.24, 2.45) is 0 Å². The summed E-state index contributed by atoms with van der Waals surface area (Å²) in [5.41, 5.74) is 6.29. The SMILES string of the molecule is C=CC(=O)OCCOCCOCCOCCOc1ccc(N)cc1. The van der Waals surface area contributed by atoms with Crippen LogP contribution in [0.3, 0.4) is 0 Å². The molecule has 1 aromatic carbocycles. The molecule has 1 aromatic rings. The number of rotatable bonds is 14. The van der Waals surface area contributed by atoms with Gasteiger partial charge in [-0.25, -0.2) is 4.79 Å². The van der Waals surface area contributed by atoms with Crippen LogP contribution in [0.2, 0.25) is 0 Å². The van der Waals surface area contributed by atoms with Crippen molar-refractivity contribution in [3.8, 4) is 5.75 Å². The molecule has 0 radical (unpaired) electrons. The molecule has 0 fully saturated rings. The Morgan fingerprint density at radius 3 is 1.92 bits per heavy atom. The maximum absolute atomic E-state index is 10.7.